The molecule has 0 radical (unpaired) electrons. The first kappa shape index (κ1) is 12.6. The quantitative estimate of drug-likeness (QED) is 0.863. The Kier molecular flexibility index (Phi) is 4.19. The lowest BCUT2D eigenvalue weighted by atomic mass is 9.74. The molecule has 0 bridgehead atoms. The highest BCUT2D eigenvalue weighted by molar-refractivity contribution is 5.25. The van der Waals surface area contributed by atoms with Crippen LogP contribution in [-0.2, 0) is 5.41 Å². The predicted molar refractivity (Wildman–Crippen MR) is 73.1 cm³/mol. The molecule has 1 aromatic rings. The lowest BCUT2D eigenvalue weighted by molar-refractivity contribution is 0.168. The van der Waals surface area contributed by atoms with Crippen LogP contribution in [0.25, 0.3) is 0 Å². The van der Waals surface area contributed by atoms with E-state index in [0.29, 0.717) is 5.41 Å². The normalized spacial score (nSPS) is 20.4. The van der Waals surface area contributed by atoms with Gasteiger partial charge in [0.2, 0.25) is 0 Å². The SMILES string of the molecule is CC1(c2ccccc2)CCN(CCCN)CC1. The molecule has 0 amide bonds. The third-order valence-corrected chi connectivity index (χ3v) is 4.11. The van der Waals surface area contributed by atoms with E-state index in [4.69, 9.17) is 5.73 Å². The molecule has 17 heavy (non-hydrogen) atoms. The monoisotopic (exact) mass is 232 g/mol. The molecule has 2 N–H and O–H groups in total. The van der Waals surface area contributed by atoms with Crippen LogP contribution in [-0.4, -0.2) is 31.1 Å². The summed E-state index contributed by atoms with van der Waals surface area (Å²) in [7, 11) is 0. The summed E-state index contributed by atoms with van der Waals surface area (Å²) < 4.78 is 0. The summed E-state index contributed by atoms with van der Waals surface area (Å²) in [5.41, 5.74) is 7.44. The molecule has 1 aliphatic rings. The molecule has 1 saturated heterocycles. The fourth-order valence-corrected chi connectivity index (χ4v) is 2.71. The Balaban J connectivity index is 1.93. The van der Waals surface area contributed by atoms with Gasteiger partial charge in [0.15, 0.2) is 0 Å². The molecular formula is C15H24N2. The van der Waals surface area contributed by atoms with Crippen molar-refractivity contribution in [3.05, 3.63) is 35.9 Å². The van der Waals surface area contributed by atoms with Crippen molar-refractivity contribution >= 4 is 0 Å². The second-order valence-electron chi connectivity index (χ2n) is 5.41. The Bertz CT molecular complexity index is 326. The van der Waals surface area contributed by atoms with Crippen LogP contribution < -0.4 is 5.73 Å². The summed E-state index contributed by atoms with van der Waals surface area (Å²) in [5, 5.41) is 0. The number of piperidine rings is 1. The maximum atomic E-state index is 5.56. The zero-order chi connectivity index (χ0) is 12.1. The highest BCUT2D eigenvalue weighted by Crippen LogP contribution is 2.34. The predicted octanol–water partition coefficient (Wildman–Crippen LogP) is 2.39. The van der Waals surface area contributed by atoms with Gasteiger partial charge in [-0.05, 0) is 56.4 Å². The number of nitrogens with zero attached hydrogens (tertiary/aromatic N) is 1. The standard InChI is InChI=1S/C15H24N2/c1-15(14-6-3-2-4-7-14)8-12-17(13-9-15)11-5-10-16/h2-4,6-7H,5,8-13,16H2,1H3. The van der Waals surface area contributed by atoms with Crippen LogP contribution in [0.1, 0.15) is 31.7 Å². The van der Waals surface area contributed by atoms with Crippen LogP contribution in [0.5, 0.6) is 0 Å². The summed E-state index contributed by atoms with van der Waals surface area (Å²) in [4.78, 5) is 2.55. The second-order valence-corrected chi connectivity index (χ2v) is 5.41. The molecule has 2 rings (SSSR count). The van der Waals surface area contributed by atoms with E-state index >= 15 is 0 Å². The summed E-state index contributed by atoms with van der Waals surface area (Å²) >= 11 is 0. The van der Waals surface area contributed by atoms with Gasteiger partial charge < -0.3 is 10.6 Å². The van der Waals surface area contributed by atoms with Gasteiger partial charge in [-0.15, -0.1) is 0 Å². The minimum Gasteiger partial charge on any atom is -0.330 e. The number of rotatable bonds is 4. The van der Waals surface area contributed by atoms with E-state index in [1.807, 2.05) is 0 Å². The van der Waals surface area contributed by atoms with Gasteiger partial charge in [0.25, 0.3) is 0 Å². The van der Waals surface area contributed by atoms with Gasteiger partial charge in [-0.25, -0.2) is 0 Å². The van der Waals surface area contributed by atoms with Crippen molar-refractivity contribution in [3.63, 3.8) is 0 Å². The maximum Gasteiger partial charge on any atom is -0.000671 e. The van der Waals surface area contributed by atoms with Crippen molar-refractivity contribution < 1.29 is 0 Å². The van der Waals surface area contributed by atoms with E-state index in [9.17, 15) is 0 Å². The number of hydrogen-bond donors (Lipinski definition) is 1. The Hall–Kier alpha value is -0.860. The van der Waals surface area contributed by atoms with E-state index in [1.165, 1.54) is 38.0 Å². The van der Waals surface area contributed by atoms with Crippen LogP contribution >= 0.6 is 0 Å². The zero-order valence-corrected chi connectivity index (χ0v) is 10.9. The van der Waals surface area contributed by atoms with Gasteiger partial charge in [-0.2, -0.15) is 0 Å². The fourth-order valence-electron chi connectivity index (χ4n) is 2.71. The van der Waals surface area contributed by atoms with Crippen LogP contribution in [0.2, 0.25) is 0 Å². The lowest BCUT2D eigenvalue weighted by Gasteiger charge is -2.40. The molecule has 2 heteroatoms. The average molecular weight is 232 g/mol. The van der Waals surface area contributed by atoms with Crippen LogP contribution in [0.3, 0.4) is 0 Å². The maximum absolute atomic E-state index is 5.56. The van der Waals surface area contributed by atoms with E-state index in [2.05, 4.69) is 42.2 Å². The van der Waals surface area contributed by atoms with Crippen molar-refractivity contribution in [1.29, 1.82) is 0 Å². The molecule has 0 saturated carbocycles. The van der Waals surface area contributed by atoms with Crippen molar-refractivity contribution in [2.24, 2.45) is 5.73 Å². The number of likely N-dealkylation sites (tertiary alicyclic amines) is 1. The summed E-state index contributed by atoms with van der Waals surface area (Å²) in [6.45, 7) is 6.81. The topological polar surface area (TPSA) is 29.3 Å². The van der Waals surface area contributed by atoms with Crippen molar-refractivity contribution in [2.75, 3.05) is 26.2 Å². The molecule has 2 nitrogen and oxygen atoms in total. The minimum atomic E-state index is 0.375. The summed E-state index contributed by atoms with van der Waals surface area (Å²) in [5.74, 6) is 0. The fraction of sp³-hybridized carbons (Fsp3) is 0.600. The third-order valence-electron chi connectivity index (χ3n) is 4.11. The minimum absolute atomic E-state index is 0.375. The molecule has 0 atom stereocenters. The smallest absolute Gasteiger partial charge is 0.000671 e. The highest BCUT2D eigenvalue weighted by atomic mass is 15.1. The van der Waals surface area contributed by atoms with Gasteiger partial charge in [0, 0.05) is 0 Å². The van der Waals surface area contributed by atoms with E-state index in [0.717, 1.165) is 13.0 Å². The number of nitrogens with two attached hydrogens (primary N) is 1. The first-order chi connectivity index (χ1) is 8.24. The van der Waals surface area contributed by atoms with Crippen molar-refractivity contribution in [2.45, 2.75) is 31.6 Å². The van der Waals surface area contributed by atoms with Gasteiger partial charge in [0.1, 0.15) is 0 Å². The third kappa shape index (κ3) is 3.08. The van der Waals surface area contributed by atoms with E-state index < -0.39 is 0 Å². The average Bonchev–Trinajstić information content (AvgIpc) is 2.39. The second kappa shape index (κ2) is 5.65. The van der Waals surface area contributed by atoms with E-state index in [1.54, 1.807) is 0 Å². The molecule has 1 aromatic carbocycles. The number of hydrogen-bond acceptors (Lipinski definition) is 2. The summed E-state index contributed by atoms with van der Waals surface area (Å²) in [6, 6.07) is 11.0. The zero-order valence-electron chi connectivity index (χ0n) is 10.9. The van der Waals surface area contributed by atoms with Gasteiger partial charge in [-0.3, -0.25) is 0 Å². The van der Waals surface area contributed by atoms with E-state index in [-0.39, 0.29) is 0 Å². The van der Waals surface area contributed by atoms with Crippen LogP contribution in [0.15, 0.2) is 30.3 Å². The largest absolute Gasteiger partial charge is 0.330 e. The Morgan fingerprint density at radius 2 is 1.82 bits per heavy atom. The van der Waals surface area contributed by atoms with Gasteiger partial charge >= 0.3 is 0 Å². The highest BCUT2D eigenvalue weighted by Gasteiger charge is 2.31. The van der Waals surface area contributed by atoms with Gasteiger partial charge in [-0.1, -0.05) is 37.3 Å². The van der Waals surface area contributed by atoms with Crippen LogP contribution in [0.4, 0.5) is 0 Å². The van der Waals surface area contributed by atoms with Crippen molar-refractivity contribution in [3.8, 4) is 0 Å². The van der Waals surface area contributed by atoms with Gasteiger partial charge in [0.05, 0.1) is 0 Å². The molecule has 1 aliphatic heterocycles. The Morgan fingerprint density at radius 3 is 2.41 bits per heavy atom. The number of benzene rings is 1. The first-order valence-corrected chi connectivity index (χ1v) is 6.72. The Labute approximate surface area is 105 Å². The molecule has 0 unspecified atom stereocenters. The molecule has 94 valence electrons. The molecule has 0 aliphatic carbocycles. The molecule has 0 spiro atoms. The lowest BCUT2D eigenvalue weighted by Crippen LogP contribution is -2.41. The van der Waals surface area contributed by atoms with Crippen LogP contribution in [0, 0.1) is 0 Å². The molecule has 1 heterocycles. The Morgan fingerprint density at radius 1 is 1.18 bits per heavy atom. The molecular weight excluding hydrogens is 208 g/mol. The summed E-state index contributed by atoms with van der Waals surface area (Å²) in [6.07, 6.45) is 3.66. The molecule has 0 aromatic heterocycles. The molecule has 1 fully saturated rings. The first-order valence-electron chi connectivity index (χ1n) is 6.72. The van der Waals surface area contributed by atoms with Crippen molar-refractivity contribution in [1.82, 2.24) is 4.90 Å².